The van der Waals surface area contributed by atoms with Crippen molar-refractivity contribution in [1.82, 2.24) is 0 Å². The summed E-state index contributed by atoms with van der Waals surface area (Å²) in [4.78, 5) is 0. The fourth-order valence-corrected chi connectivity index (χ4v) is 2.45. The third-order valence-electron chi connectivity index (χ3n) is 3.24. The highest BCUT2D eigenvalue weighted by atomic mass is 14.9. The van der Waals surface area contributed by atoms with E-state index in [4.69, 9.17) is 0 Å². The Bertz CT molecular complexity index is 556. The average Bonchev–Trinajstić information content (AvgIpc) is 2.26. The quantitative estimate of drug-likeness (QED) is 0.761. The minimum Gasteiger partial charge on any atom is -0.355 e. The van der Waals surface area contributed by atoms with Crippen LogP contribution in [0.2, 0.25) is 0 Å². The SMILES string of the molecule is Cc1cc(C)cc(Nc2ccccc2C(C)(C)C)c1. The van der Waals surface area contributed by atoms with E-state index in [1.165, 1.54) is 22.4 Å². The molecule has 2 aromatic carbocycles. The third kappa shape index (κ3) is 3.37. The van der Waals surface area contributed by atoms with Gasteiger partial charge < -0.3 is 5.32 Å². The molecule has 0 aliphatic carbocycles. The van der Waals surface area contributed by atoms with E-state index in [-0.39, 0.29) is 5.41 Å². The van der Waals surface area contributed by atoms with Crippen LogP contribution in [-0.2, 0) is 5.41 Å². The molecule has 1 N–H and O–H groups in total. The Morgan fingerprint density at radius 1 is 0.842 bits per heavy atom. The summed E-state index contributed by atoms with van der Waals surface area (Å²) in [7, 11) is 0. The first kappa shape index (κ1) is 13.7. The van der Waals surface area contributed by atoms with Crippen molar-refractivity contribution in [2.75, 3.05) is 5.32 Å². The highest BCUT2D eigenvalue weighted by Crippen LogP contribution is 2.31. The van der Waals surface area contributed by atoms with Crippen molar-refractivity contribution in [3.8, 4) is 0 Å². The molecular formula is C18H23N. The third-order valence-corrected chi connectivity index (χ3v) is 3.24. The number of rotatable bonds is 2. The molecule has 0 aliphatic heterocycles. The first-order valence-electron chi connectivity index (χ1n) is 6.81. The molecule has 0 amide bonds. The summed E-state index contributed by atoms with van der Waals surface area (Å²) in [5, 5.41) is 3.56. The van der Waals surface area contributed by atoms with Crippen molar-refractivity contribution in [2.24, 2.45) is 0 Å². The van der Waals surface area contributed by atoms with Crippen LogP contribution in [0.1, 0.15) is 37.5 Å². The van der Waals surface area contributed by atoms with Crippen LogP contribution >= 0.6 is 0 Å². The molecule has 0 heterocycles. The Hall–Kier alpha value is -1.76. The van der Waals surface area contributed by atoms with Crippen LogP contribution in [0.15, 0.2) is 42.5 Å². The number of benzene rings is 2. The van der Waals surface area contributed by atoms with Gasteiger partial charge in [0.2, 0.25) is 0 Å². The van der Waals surface area contributed by atoms with Crippen LogP contribution in [0, 0.1) is 13.8 Å². The van der Waals surface area contributed by atoms with Crippen molar-refractivity contribution < 1.29 is 0 Å². The van der Waals surface area contributed by atoms with Gasteiger partial charge in [-0.05, 0) is 54.2 Å². The fraction of sp³-hybridized carbons (Fsp3) is 0.333. The summed E-state index contributed by atoms with van der Waals surface area (Å²) in [6.07, 6.45) is 0. The van der Waals surface area contributed by atoms with Crippen LogP contribution in [0.3, 0.4) is 0 Å². The second-order valence-corrected chi connectivity index (χ2v) is 6.30. The fourth-order valence-electron chi connectivity index (χ4n) is 2.45. The first-order valence-corrected chi connectivity index (χ1v) is 6.81. The maximum atomic E-state index is 3.56. The lowest BCUT2D eigenvalue weighted by molar-refractivity contribution is 0.592. The molecule has 2 aromatic rings. The molecule has 1 nitrogen and oxygen atoms in total. The number of nitrogens with one attached hydrogen (secondary N) is 1. The lowest BCUT2D eigenvalue weighted by atomic mass is 9.86. The summed E-state index contributed by atoms with van der Waals surface area (Å²) in [5.41, 5.74) is 6.41. The zero-order valence-electron chi connectivity index (χ0n) is 12.5. The van der Waals surface area contributed by atoms with E-state index in [2.05, 4.69) is 82.4 Å². The minimum absolute atomic E-state index is 0.141. The van der Waals surface area contributed by atoms with E-state index in [9.17, 15) is 0 Å². The van der Waals surface area contributed by atoms with Crippen LogP contribution in [0.25, 0.3) is 0 Å². The van der Waals surface area contributed by atoms with Gasteiger partial charge in [0.05, 0.1) is 0 Å². The smallest absolute Gasteiger partial charge is 0.0422 e. The number of aryl methyl sites for hydroxylation is 2. The summed E-state index contributed by atoms with van der Waals surface area (Å²) < 4.78 is 0. The summed E-state index contributed by atoms with van der Waals surface area (Å²) >= 11 is 0. The molecule has 1 heteroatoms. The predicted octanol–water partition coefficient (Wildman–Crippen LogP) is 5.34. The van der Waals surface area contributed by atoms with Gasteiger partial charge in [0.1, 0.15) is 0 Å². The Morgan fingerprint density at radius 2 is 1.42 bits per heavy atom. The molecule has 19 heavy (non-hydrogen) atoms. The van der Waals surface area contributed by atoms with Crippen LogP contribution in [-0.4, -0.2) is 0 Å². The van der Waals surface area contributed by atoms with Gasteiger partial charge in [0, 0.05) is 11.4 Å². The summed E-state index contributed by atoms with van der Waals surface area (Å²) in [6, 6.07) is 15.1. The van der Waals surface area contributed by atoms with Crippen LogP contribution in [0.4, 0.5) is 11.4 Å². The van der Waals surface area contributed by atoms with Gasteiger partial charge in [0.25, 0.3) is 0 Å². The first-order chi connectivity index (χ1) is 8.86. The van der Waals surface area contributed by atoms with Crippen LogP contribution in [0.5, 0.6) is 0 Å². The Kier molecular flexibility index (Phi) is 3.66. The van der Waals surface area contributed by atoms with Crippen molar-refractivity contribution in [3.63, 3.8) is 0 Å². The van der Waals surface area contributed by atoms with E-state index >= 15 is 0 Å². The van der Waals surface area contributed by atoms with Crippen molar-refractivity contribution in [1.29, 1.82) is 0 Å². The predicted molar refractivity (Wildman–Crippen MR) is 84.3 cm³/mol. The highest BCUT2D eigenvalue weighted by Gasteiger charge is 2.17. The molecule has 0 fully saturated rings. The lowest BCUT2D eigenvalue weighted by Crippen LogP contribution is -2.13. The Labute approximate surface area is 116 Å². The van der Waals surface area contributed by atoms with E-state index in [0.717, 1.165) is 5.69 Å². The van der Waals surface area contributed by atoms with Gasteiger partial charge >= 0.3 is 0 Å². The largest absolute Gasteiger partial charge is 0.355 e. The van der Waals surface area contributed by atoms with Gasteiger partial charge in [-0.1, -0.05) is 45.0 Å². The summed E-state index contributed by atoms with van der Waals surface area (Å²) in [6.45, 7) is 11.0. The highest BCUT2D eigenvalue weighted by molar-refractivity contribution is 5.65. The van der Waals surface area contributed by atoms with Gasteiger partial charge in [-0.15, -0.1) is 0 Å². The lowest BCUT2D eigenvalue weighted by Gasteiger charge is -2.23. The Morgan fingerprint density at radius 3 is 2.00 bits per heavy atom. The maximum absolute atomic E-state index is 3.56. The number of hydrogen-bond acceptors (Lipinski definition) is 1. The number of hydrogen-bond donors (Lipinski definition) is 1. The van der Waals surface area contributed by atoms with Gasteiger partial charge in [-0.3, -0.25) is 0 Å². The molecule has 0 aromatic heterocycles. The molecular weight excluding hydrogens is 230 g/mol. The van der Waals surface area contributed by atoms with E-state index in [1.807, 2.05) is 0 Å². The average molecular weight is 253 g/mol. The van der Waals surface area contributed by atoms with Gasteiger partial charge in [0.15, 0.2) is 0 Å². The Balaban J connectivity index is 2.38. The molecule has 0 radical (unpaired) electrons. The van der Waals surface area contributed by atoms with Crippen molar-refractivity contribution in [2.45, 2.75) is 40.0 Å². The molecule has 0 bridgehead atoms. The normalized spacial score (nSPS) is 11.4. The van der Waals surface area contributed by atoms with Crippen LogP contribution < -0.4 is 5.32 Å². The maximum Gasteiger partial charge on any atom is 0.0422 e. The molecule has 0 saturated heterocycles. The topological polar surface area (TPSA) is 12.0 Å². The number of anilines is 2. The van der Waals surface area contributed by atoms with Crippen molar-refractivity contribution in [3.05, 3.63) is 59.2 Å². The molecule has 0 aliphatic rings. The molecule has 2 rings (SSSR count). The second-order valence-electron chi connectivity index (χ2n) is 6.30. The van der Waals surface area contributed by atoms with Gasteiger partial charge in [-0.2, -0.15) is 0 Å². The van der Waals surface area contributed by atoms with E-state index < -0.39 is 0 Å². The zero-order chi connectivity index (χ0) is 14.0. The van der Waals surface area contributed by atoms with Crippen molar-refractivity contribution >= 4 is 11.4 Å². The van der Waals surface area contributed by atoms with E-state index in [0.29, 0.717) is 0 Å². The molecule has 0 atom stereocenters. The monoisotopic (exact) mass is 253 g/mol. The van der Waals surface area contributed by atoms with E-state index in [1.54, 1.807) is 0 Å². The molecule has 0 spiro atoms. The van der Waals surface area contributed by atoms with Gasteiger partial charge in [-0.25, -0.2) is 0 Å². The molecule has 0 saturated carbocycles. The standard InChI is InChI=1S/C18H23N/c1-13-10-14(2)12-15(11-13)19-17-9-7-6-8-16(17)18(3,4)5/h6-12,19H,1-5H3. The number of para-hydroxylation sites is 1. The summed E-state index contributed by atoms with van der Waals surface area (Å²) in [5.74, 6) is 0. The second kappa shape index (κ2) is 5.08. The molecule has 100 valence electrons. The minimum atomic E-state index is 0.141. The zero-order valence-corrected chi connectivity index (χ0v) is 12.5. The molecule has 0 unspecified atom stereocenters.